The van der Waals surface area contributed by atoms with Gasteiger partial charge in [-0.05, 0) is 19.8 Å². The van der Waals surface area contributed by atoms with E-state index in [4.69, 9.17) is 0 Å². The van der Waals surface area contributed by atoms with Crippen molar-refractivity contribution in [2.75, 3.05) is 7.11 Å². The summed E-state index contributed by atoms with van der Waals surface area (Å²) in [5, 5.41) is 0. The molecule has 0 aromatic heterocycles. The van der Waals surface area contributed by atoms with E-state index in [1.54, 1.807) is 0 Å². The maximum absolute atomic E-state index is 10.6. The number of halogens is 2. The van der Waals surface area contributed by atoms with Gasteiger partial charge in [0.1, 0.15) is 0 Å². The highest BCUT2D eigenvalue weighted by Crippen LogP contribution is 2.30. The number of methoxy groups -OCH3 is 1. The molecule has 0 N–H and O–H groups in total. The first-order chi connectivity index (χ1) is 4.95. The number of hydrogen-bond acceptors (Lipinski definition) is 2. The normalized spacial score (nSPS) is 11.3. The van der Waals surface area contributed by atoms with Crippen molar-refractivity contribution in [1.82, 2.24) is 0 Å². The summed E-state index contributed by atoms with van der Waals surface area (Å²) in [7, 11) is 1.41. The number of carbonyl (C=O) groups is 1. The quantitative estimate of drug-likeness (QED) is 0.587. The zero-order chi connectivity index (χ0) is 8.91. The van der Waals surface area contributed by atoms with Crippen molar-refractivity contribution in [3.8, 4) is 0 Å². The van der Waals surface area contributed by atoms with Gasteiger partial charge in [0.15, 0.2) is 0 Å². The van der Waals surface area contributed by atoms with Crippen LogP contribution < -0.4 is 0 Å². The molecule has 0 aliphatic heterocycles. The first kappa shape index (κ1) is 11.4. The minimum Gasteiger partial charge on any atom is -0.469 e. The van der Waals surface area contributed by atoms with Crippen LogP contribution in [0.25, 0.3) is 0 Å². The van der Waals surface area contributed by atoms with Crippen molar-refractivity contribution in [1.29, 1.82) is 0 Å². The standard InChI is InChI=1S/C7H12Br2O2/c1-7(8,9)5-3-4-6(10)11-2/h3-5H2,1-2H3. The van der Waals surface area contributed by atoms with Crippen LogP contribution in [-0.4, -0.2) is 16.3 Å². The van der Waals surface area contributed by atoms with E-state index in [1.807, 2.05) is 6.92 Å². The third kappa shape index (κ3) is 8.34. The summed E-state index contributed by atoms with van der Waals surface area (Å²) in [4.78, 5) is 10.6. The van der Waals surface area contributed by atoms with Crippen molar-refractivity contribution in [2.45, 2.75) is 29.4 Å². The lowest BCUT2D eigenvalue weighted by atomic mass is 10.2. The Bertz CT molecular complexity index is 129. The average molecular weight is 288 g/mol. The lowest BCUT2D eigenvalue weighted by Gasteiger charge is -2.12. The monoisotopic (exact) mass is 286 g/mol. The Morgan fingerprint density at radius 3 is 2.45 bits per heavy atom. The predicted octanol–water partition coefficient (Wildman–Crippen LogP) is 2.84. The lowest BCUT2D eigenvalue weighted by molar-refractivity contribution is -0.140. The van der Waals surface area contributed by atoms with Gasteiger partial charge in [-0.3, -0.25) is 4.79 Å². The van der Waals surface area contributed by atoms with Gasteiger partial charge in [0, 0.05) is 6.42 Å². The van der Waals surface area contributed by atoms with Crippen molar-refractivity contribution < 1.29 is 9.53 Å². The molecule has 0 atom stereocenters. The minimum atomic E-state index is -0.144. The largest absolute Gasteiger partial charge is 0.469 e. The second kappa shape index (κ2) is 5.14. The third-order valence-corrected chi connectivity index (χ3v) is 2.02. The van der Waals surface area contributed by atoms with Crippen LogP contribution in [0.1, 0.15) is 26.2 Å². The minimum absolute atomic E-state index is 0.0476. The Labute approximate surface area is 83.9 Å². The van der Waals surface area contributed by atoms with Crippen LogP contribution in [0, 0.1) is 0 Å². The molecule has 0 amide bonds. The number of alkyl halides is 2. The maximum atomic E-state index is 10.6. The fourth-order valence-electron chi connectivity index (χ4n) is 0.645. The zero-order valence-corrected chi connectivity index (χ0v) is 9.87. The molecule has 0 fully saturated rings. The Morgan fingerprint density at radius 2 is 2.09 bits per heavy atom. The van der Waals surface area contributed by atoms with Gasteiger partial charge in [0.25, 0.3) is 0 Å². The van der Waals surface area contributed by atoms with Crippen molar-refractivity contribution >= 4 is 37.8 Å². The van der Waals surface area contributed by atoms with Crippen LogP contribution >= 0.6 is 31.9 Å². The first-order valence-corrected chi connectivity index (χ1v) is 4.99. The molecule has 0 rings (SSSR count). The van der Waals surface area contributed by atoms with Crippen molar-refractivity contribution in [3.05, 3.63) is 0 Å². The molecule has 11 heavy (non-hydrogen) atoms. The second-order valence-corrected chi connectivity index (χ2v) is 7.06. The molecule has 0 heterocycles. The molecule has 0 saturated heterocycles. The molecule has 0 spiro atoms. The van der Waals surface area contributed by atoms with E-state index in [1.165, 1.54) is 7.11 Å². The van der Waals surface area contributed by atoms with Crippen molar-refractivity contribution in [2.24, 2.45) is 0 Å². The Morgan fingerprint density at radius 1 is 1.55 bits per heavy atom. The topological polar surface area (TPSA) is 26.3 Å². The molecule has 66 valence electrons. The summed E-state index contributed by atoms with van der Waals surface area (Å²) in [5.41, 5.74) is 0. The van der Waals surface area contributed by atoms with Gasteiger partial charge in [-0.1, -0.05) is 31.9 Å². The van der Waals surface area contributed by atoms with E-state index in [9.17, 15) is 4.79 Å². The summed E-state index contributed by atoms with van der Waals surface area (Å²) in [6.45, 7) is 2.00. The van der Waals surface area contributed by atoms with Crippen LogP contribution in [0.15, 0.2) is 0 Å². The van der Waals surface area contributed by atoms with E-state index in [0.29, 0.717) is 6.42 Å². The van der Waals surface area contributed by atoms with E-state index in [-0.39, 0.29) is 9.20 Å². The highest BCUT2D eigenvalue weighted by Gasteiger charge is 2.14. The Hall–Kier alpha value is 0.430. The molecule has 4 heteroatoms. The predicted molar refractivity (Wildman–Crippen MR) is 52.1 cm³/mol. The molecule has 0 bridgehead atoms. The summed E-state index contributed by atoms with van der Waals surface area (Å²) >= 11 is 6.83. The van der Waals surface area contributed by atoms with Gasteiger partial charge < -0.3 is 4.74 Å². The number of rotatable bonds is 4. The molecule has 2 nitrogen and oxygen atoms in total. The van der Waals surface area contributed by atoms with Gasteiger partial charge in [-0.2, -0.15) is 0 Å². The maximum Gasteiger partial charge on any atom is 0.305 e. The first-order valence-electron chi connectivity index (χ1n) is 3.40. The fourth-order valence-corrected chi connectivity index (χ4v) is 1.21. The lowest BCUT2D eigenvalue weighted by Crippen LogP contribution is -2.06. The van der Waals surface area contributed by atoms with Gasteiger partial charge in [0.05, 0.1) is 10.3 Å². The Kier molecular flexibility index (Phi) is 5.34. The van der Waals surface area contributed by atoms with Crippen LogP contribution in [-0.2, 0) is 9.53 Å². The molecule has 0 saturated carbocycles. The number of esters is 1. The Balaban J connectivity index is 3.35. The molecule has 0 aliphatic carbocycles. The molecular weight excluding hydrogens is 276 g/mol. The molecule has 0 aromatic rings. The van der Waals surface area contributed by atoms with Crippen LogP contribution in [0.3, 0.4) is 0 Å². The van der Waals surface area contributed by atoms with Gasteiger partial charge in [-0.25, -0.2) is 0 Å². The highest BCUT2D eigenvalue weighted by molar-refractivity contribution is 9.25. The fraction of sp³-hybridized carbons (Fsp3) is 0.857. The number of ether oxygens (including phenoxy) is 1. The van der Waals surface area contributed by atoms with Crippen LogP contribution in [0.2, 0.25) is 0 Å². The summed E-state index contributed by atoms with van der Waals surface area (Å²) in [6.07, 6.45) is 2.23. The van der Waals surface area contributed by atoms with Crippen LogP contribution in [0.4, 0.5) is 0 Å². The molecule has 0 radical (unpaired) electrons. The third-order valence-electron chi connectivity index (χ3n) is 1.22. The van der Waals surface area contributed by atoms with Gasteiger partial charge in [0.2, 0.25) is 0 Å². The van der Waals surface area contributed by atoms with E-state index >= 15 is 0 Å². The highest BCUT2D eigenvalue weighted by atomic mass is 79.9. The molecule has 0 aromatic carbocycles. The second-order valence-electron chi connectivity index (χ2n) is 2.50. The molecule has 0 unspecified atom stereocenters. The van der Waals surface area contributed by atoms with Gasteiger partial charge >= 0.3 is 5.97 Å². The van der Waals surface area contributed by atoms with Gasteiger partial charge in [-0.15, -0.1) is 0 Å². The average Bonchev–Trinajstić information content (AvgIpc) is 1.85. The smallest absolute Gasteiger partial charge is 0.305 e. The van der Waals surface area contributed by atoms with E-state index in [0.717, 1.165) is 12.8 Å². The van der Waals surface area contributed by atoms with E-state index < -0.39 is 0 Å². The molecule has 0 aliphatic rings. The summed E-state index contributed by atoms with van der Waals surface area (Å²) in [5.74, 6) is -0.144. The SMILES string of the molecule is COC(=O)CCCC(C)(Br)Br. The van der Waals surface area contributed by atoms with E-state index in [2.05, 4.69) is 36.6 Å². The molecular formula is C7H12Br2O2. The van der Waals surface area contributed by atoms with Crippen molar-refractivity contribution in [3.63, 3.8) is 0 Å². The van der Waals surface area contributed by atoms with Crippen LogP contribution in [0.5, 0.6) is 0 Å². The number of hydrogen-bond donors (Lipinski definition) is 0. The number of carbonyl (C=O) groups excluding carboxylic acids is 1. The zero-order valence-electron chi connectivity index (χ0n) is 6.69. The summed E-state index contributed by atoms with van der Waals surface area (Å²) in [6, 6.07) is 0. The summed E-state index contributed by atoms with van der Waals surface area (Å²) < 4.78 is 4.45.